The zero-order valence-electron chi connectivity index (χ0n) is 16.1. The third-order valence-electron chi connectivity index (χ3n) is 5.42. The minimum absolute atomic E-state index is 0.0964. The number of aromatic nitrogens is 2. The van der Waals surface area contributed by atoms with Gasteiger partial charge in [0, 0.05) is 37.0 Å². The molecule has 0 radical (unpaired) electrons. The van der Waals surface area contributed by atoms with Crippen LogP contribution in [-0.2, 0) is 11.3 Å². The quantitative estimate of drug-likeness (QED) is 0.676. The van der Waals surface area contributed by atoms with Gasteiger partial charge in [0.2, 0.25) is 11.9 Å². The summed E-state index contributed by atoms with van der Waals surface area (Å²) in [6.07, 6.45) is 2.29. The lowest BCUT2D eigenvalue weighted by molar-refractivity contribution is -0.118. The van der Waals surface area contributed by atoms with Crippen molar-refractivity contribution in [3.05, 3.63) is 69.5 Å². The Morgan fingerprint density at radius 2 is 1.79 bits per heavy atom. The molecule has 2 N–H and O–H groups in total. The molecule has 1 atom stereocenters. The highest BCUT2D eigenvalue weighted by molar-refractivity contribution is 6.30. The summed E-state index contributed by atoms with van der Waals surface area (Å²) in [5.41, 5.74) is 7.03. The molecule has 1 saturated heterocycles. The Balaban J connectivity index is 1.82. The maximum absolute atomic E-state index is 13.4. The van der Waals surface area contributed by atoms with Crippen molar-refractivity contribution in [1.82, 2.24) is 9.55 Å². The van der Waals surface area contributed by atoms with Crippen molar-refractivity contribution in [3.8, 4) is 0 Å². The number of carbonyl (C=O) groups excluding carboxylic acids is 1. The standard InChI is InChI=1S/C22H23ClN4O2/c23-17-9-7-15(8-10-17)16(13-20(24)28)14-27-21(29)18-5-1-2-6-19(18)25-22(27)26-11-3-4-12-26/h1-2,5-10,16H,3-4,11-14H2,(H2,24,28). The molecule has 1 unspecified atom stereocenters. The lowest BCUT2D eigenvalue weighted by atomic mass is 9.95. The third kappa shape index (κ3) is 4.12. The molecular formula is C22H23ClN4O2. The highest BCUT2D eigenvalue weighted by Gasteiger charge is 2.23. The van der Waals surface area contributed by atoms with Crippen LogP contribution in [-0.4, -0.2) is 28.5 Å². The first-order chi connectivity index (χ1) is 14.0. The molecule has 1 aromatic heterocycles. The molecule has 4 rings (SSSR count). The number of nitrogens with two attached hydrogens (primary N) is 1. The van der Waals surface area contributed by atoms with Gasteiger partial charge >= 0.3 is 0 Å². The minimum Gasteiger partial charge on any atom is -0.370 e. The molecule has 2 aromatic carbocycles. The highest BCUT2D eigenvalue weighted by Crippen LogP contribution is 2.26. The number of benzene rings is 2. The summed E-state index contributed by atoms with van der Waals surface area (Å²) in [5.74, 6) is 0.0101. The van der Waals surface area contributed by atoms with E-state index in [1.807, 2.05) is 30.3 Å². The number of fused-ring (bicyclic) bond motifs is 1. The van der Waals surface area contributed by atoms with Crippen LogP contribution >= 0.6 is 11.6 Å². The summed E-state index contributed by atoms with van der Waals surface area (Å²) in [6, 6.07) is 14.7. The molecule has 1 fully saturated rings. The van der Waals surface area contributed by atoms with Crippen LogP contribution in [0.15, 0.2) is 53.3 Å². The fourth-order valence-corrected chi connectivity index (χ4v) is 4.09. The summed E-state index contributed by atoms with van der Waals surface area (Å²) in [4.78, 5) is 32.1. The second-order valence-corrected chi connectivity index (χ2v) is 7.89. The van der Waals surface area contributed by atoms with Crippen LogP contribution in [0.4, 0.5) is 5.95 Å². The van der Waals surface area contributed by atoms with Crippen LogP contribution in [0.3, 0.4) is 0 Å². The van der Waals surface area contributed by atoms with Gasteiger partial charge in [-0.3, -0.25) is 14.2 Å². The van der Waals surface area contributed by atoms with Gasteiger partial charge in [0.25, 0.3) is 5.56 Å². The van der Waals surface area contributed by atoms with E-state index in [0.29, 0.717) is 28.4 Å². The second kappa shape index (κ2) is 8.25. The SMILES string of the molecule is NC(=O)CC(Cn1c(N2CCCC2)nc2ccccc2c1=O)c1ccc(Cl)cc1. The number of hydrogen-bond acceptors (Lipinski definition) is 4. The van der Waals surface area contributed by atoms with Crippen LogP contribution in [0.5, 0.6) is 0 Å². The Hall–Kier alpha value is -2.86. The molecule has 0 spiro atoms. The van der Waals surface area contributed by atoms with E-state index in [0.717, 1.165) is 31.5 Å². The maximum Gasteiger partial charge on any atom is 0.262 e. The number of anilines is 1. The van der Waals surface area contributed by atoms with Crippen LogP contribution in [0, 0.1) is 0 Å². The van der Waals surface area contributed by atoms with Crippen LogP contribution in [0.1, 0.15) is 30.7 Å². The van der Waals surface area contributed by atoms with Gasteiger partial charge in [-0.15, -0.1) is 0 Å². The molecular weight excluding hydrogens is 388 g/mol. The van der Waals surface area contributed by atoms with E-state index < -0.39 is 5.91 Å². The molecule has 1 aliphatic rings. The number of hydrogen-bond donors (Lipinski definition) is 1. The van der Waals surface area contributed by atoms with Gasteiger partial charge in [-0.05, 0) is 42.7 Å². The lowest BCUT2D eigenvalue weighted by Gasteiger charge is -2.25. The van der Waals surface area contributed by atoms with Crippen molar-refractivity contribution >= 4 is 34.4 Å². The first kappa shape index (κ1) is 19.5. The second-order valence-electron chi connectivity index (χ2n) is 7.46. The van der Waals surface area contributed by atoms with Gasteiger partial charge in [0.05, 0.1) is 10.9 Å². The highest BCUT2D eigenvalue weighted by atomic mass is 35.5. The molecule has 1 aliphatic heterocycles. The molecule has 0 aliphatic carbocycles. The normalized spacial score (nSPS) is 15.0. The number of amides is 1. The fourth-order valence-electron chi connectivity index (χ4n) is 3.97. The molecule has 7 heteroatoms. The third-order valence-corrected chi connectivity index (χ3v) is 5.67. The zero-order chi connectivity index (χ0) is 20.4. The van der Waals surface area contributed by atoms with E-state index in [-0.39, 0.29) is 17.9 Å². The molecule has 2 heterocycles. The summed E-state index contributed by atoms with van der Waals surface area (Å²) in [6.45, 7) is 2.06. The van der Waals surface area contributed by atoms with E-state index in [1.54, 1.807) is 22.8 Å². The van der Waals surface area contributed by atoms with E-state index in [1.165, 1.54) is 0 Å². The molecule has 1 amide bonds. The summed E-state index contributed by atoms with van der Waals surface area (Å²) in [5, 5.41) is 1.19. The first-order valence-electron chi connectivity index (χ1n) is 9.81. The number of carbonyl (C=O) groups is 1. The topological polar surface area (TPSA) is 81.2 Å². The van der Waals surface area contributed by atoms with Gasteiger partial charge in [-0.1, -0.05) is 35.9 Å². The van der Waals surface area contributed by atoms with Crippen molar-refractivity contribution in [2.24, 2.45) is 5.73 Å². The lowest BCUT2D eigenvalue weighted by Crippen LogP contribution is -2.33. The number of primary amides is 1. The monoisotopic (exact) mass is 410 g/mol. The Morgan fingerprint density at radius 1 is 1.10 bits per heavy atom. The van der Waals surface area contributed by atoms with Gasteiger partial charge in [0.1, 0.15) is 0 Å². The Morgan fingerprint density at radius 3 is 2.48 bits per heavy atom. The molecule has 3 aromatic rings. The number of halogens is 1. The Labute approximate surface area is 173 Å². The predicted molar refractivity (Wildman–Crippen MR) is 115 cm³/mol. The number of rotatable bonds is 6. The Bertz CT molecular complexity index is 1090. The summed E-state index contributed by atoms with van der Waals surface area (Å²) in [7, 11) is 0. The average molecular weight is 411 g/mol. The smallest absolute Gasteiger partial charge is 0.262 e. The van der Waals surface area contributed by atoms with Gasteiger partial charge in [-0.2, -0.15) is 0 Å². The van der Waals surface area contributed by atoms with Crippen LogP contribution in [0.2, 0.25) is 5.02 Å². The maximum atomic E-state index is 13.4. The number of para-hydroxylation sites is 1. The fraction of sp³-hybridized carbons (Fsp3) is 0.318. The summed E-state index contributed by atoms with van der Waals surface area (Å²) >= 11 is 6.02. The van der Waals surface area contributed by atoms with E-state index in [4.69, 9.17) is 22.3 Å². The van der Waals surface area contributed by atoms with Crippen molar-refractivity contribution in [2.45, 2.75) is 31.7 Å². The van der Waals surface area contributed by atoms with Gasteiger partial charge in [-0.25, -0.2) is 4.98 Å². The molecule has 6 nitrogen and oxygen atoms in total. The van der Waals surface area contributed by atoms with Gasteiger partial charge < -0.3 is 10.6 Å². The van der Waals surface area contributed by atoms with E-state index >= 15 is 0 Å². The number of nitrogens with zero attached hydrogens (tertiary/aromatic N) is 3. The molecule has 150 valence electrons. The largest absolute Gasteiger partial charge is 0.370 e. The van der Waals surface area contributed by atoms with Crippen LogP contribution < -0.4 is 16.2 Å². The van der Waals surface area contributed by atoms with E-state index in [9.17, 15) is 9.59 Å². The minimum atomic E-state index is -0.408. The van der Waals surface area contributed by atoms with E-state index in [2.05, 4.69) is 4.90 Å². The zero-order valence-corrected chi connectivity index (χ0v) is 16.8. The molecule has 0 bridgehead atoms. The van der Waals surface area contributed by atoms with Crippen LogP contribution in [0.25, 0.3) is 10.9 Å². The molecule has 29 heavy (non-hydrogen) atoms. The van der Waals surface area contributed by atoms with Crippen molar-refractivity contribution in [2.75, 3.05) is 18.0 Å². The summed E-state index contributed by atoms with van der Waals surface area (Å²) < 4.78 is 1.70. The Kier molecular flexibility index (Phi) is 5.53. The van der Waals surface area contributed by atoms with Gasteiger partial charge in [0.15, 0.2) is 0 Å². The van der Waals surface area contributed by atoms with Crippen molar-refractivity contribution in [1.29, 1.82) is 0 Å². The van der Waals surface area contributed by atoms with Crippen molar-refractivity contribution in [3.63, 3.8) is 0 Å². The van der Waals surface area contributed by atoms with Crippen molar-refractivity contribution < 1.29 is 4.79 Å². The average Bonchev–Trinajstić information content (AvgIpc) is 3.24. The first-order valence-corrected chi connectivity index (χ1v) is 10.2. The molecule has 0 saturated carbocycles. The predicted octanol–water partition coefficient (Wildman–Crippen LogP) is 3.31.